The molecule has 0 saturated carbocycles. The lowest BCUT2D eigenvalue weighted by molar-refractivity contribution is 0.0948. The average molecular weight is 383 g/mol. The molecule has 1 saturated heterocycles. The molecule has 0 atom stereocenters. The first-order valence-electron chi connectivity index (χ1n) is 10.1. The molecule has 0 aliphatic carbocycles. The first-order chi connectivity index (χ1) is 13.3. The van der Waals surface area contributed by atoms with Gasteiger partial charge in [0.15, 0.2) is 0 Å². The highest BCUT2D eigenvalue weighted by molar-refractivity contribution is 7.98. The van der Waals surface area contributed by atoms with Crippen LogP contribution in [-0.2, 0) is 5.75 Å². The highest BCUT2D eigenvalue weighted by atomic mass is 32.2. The third kappa shape index (κ3) is 6.71. The summed E-state index contributed by atoms with van der Waals surface area (Å²) >= 11 is 1.72. The summed E-state index contributed by atoms with van der Waals surface area (Å²) in [5.41, 5.74) is 2.06. The predicted octanol–water partition coefficient (Wildman–Crippen LogP) is 4.97. The Kier molecular flexibility index (Phi) is 8.25. The van der Waals surface area contributed by atoms with Gasteiger partial charge in [-0.05, 0) is 56.6 Å². The Bertz CT molecular complexity index is 697. The molecule has 1 heterocycles. The first-order valence-corrected chi connectivity index (χ1v) is 11.1. The number of nitrogens with one attached hydrogen (secondary N) is 1. The van der Waals surface area contributed by atoms with E-state index in [1.807, 2.05) is 30.3 Å². The van der Waals surface area contributed by atoms with Gasteiger partial charge in [-0.25, -0.2) is 0 Å². The van der Waals surface area contributed by atoms with Crippen molar-refractivity contribution in [2.45, 2.75) is 42.8 Å². The molecular formula is C23H30N2OS. The standard InChI is InChI=1S/C23H30N2OS/c26-23(24-15-10-18-25-16-8-1-2-9-17-25)21-13-6-7-14-22(21)27-19-20-11-4-3-5-12-20/h3-7,11-14H,1-2,8-10,15-19H2,(H,24,26). The SMILES string of the molecule is O=C(NCCCN1CCCCCC1)c1ccccc1SCc1ccccc1. The van der Waals surface area contributed by atoms with Crippen molar-refractivity contribution in [3.8, 4) is 0 Å². The molecular weight excluding hydrogens is 352 g/mol. The van der Waals surface area contributed by atoms with Crippen molar-refractivity contribution >= 4 is 17.7 Å². The monoisotopic (exact) mass is 382 g/mol. The van der Waals surface area contributed by atoms with Crippen LogP contribution in [0.4, 0.5) is 0 Å². The zero-order chi connectivity index (χ0) is 18.7. The van der Waals surface area contributed by atoms with Crippen LogP contribution in [0.15, 0.2) is 59.5 Å². The number of likely N-dealkylation sites (tertiary alicyclic amines) is 1. The van der Waals surface area contributed by atoms with E-state index in [0.29, 0.717) is 0 Å². The molecule has 0 aromatic heterocycles. The molecule has 1 N–H and O–H groups in total. The van der Waals surface area contributed by atoms with Gasteiger partial charge in [0.05, 0.1) is 5.56 Å². The second-order valence-electron chi connectivity index (χ2n) is 7.14. The Hall–Kier alpha value is -1.78. The summed E-state index contributed by atoms with van der Waals surface area (Å²) in [4.78, 5) is 16.2. The fourth-order valence-corrected chi connectivity index (χ4v) is 4.48. The number of carbonyl (C=O) groups is 1. The van der Waals surface area contributed by atoms with Crippen molar-refractivity contribution in [1.82, 2.24) is 10.2 Å². The molecule has 4 heteroatoms. The zero-order valence-corrected chi connectivity index (χ0v) is 16.8. The minimum absolute atomic E-state index is 0.0435. The number of thioether (sulfide) groups is 1. The molecule has 3 rings (SSSR count). The van der Waals surface area contributed by atoms with Crippen LogP contribution in [0, 0.1) is 0 Å². The summed E-state index contributed by atoms with van der Waals surface area (Å²) in [6, 6.07) is 18.3. The Balaban J connectivity index is 1.46. The van der Waals surface area contributed by atoms with E-state index in [0.717, 1.165) is 35.7 Å². The number of hydrogen-bond donors (Lipinski definition) is 1. The van der Waals surface area contributed by atoms with Gasteiger partial charge < -0.3 is 10.2 Å². The van der Waals surface area contributed by atoms with Gasteiger partial charge in [0.2, 0.25) is 0 Å². The first kappa shape index (κ1) is 20.0. The van der Waals surface area contributed by atoms with Crippen molar-refractivity contribution in [2.75, 3.05) is 26.2 Å². The van der Waals surface area contributed by atoms with Crippen molar-refractivity contribution < 1.29 is 4.79 Å². The topological polar surface area (TPSA) is 32.3 Å². The summed E-state index contributed by atoms with van der Waals surface area (Å²) in [5.74, 6) is 0.919. The van der Waals surface area contributed by atoms with E-state index < -0.39 is 0 Å². The molecule has 0 radical (unpaired) electrons. The number of carbonyl (C=O) groups excluding carboxylic acids is 1. The summed E-state index contributed by atoms with van der Waals surface area (Å²) < 4.78 is 0. The number of hydrogen-bond acceptors (Lipinski definition) is 3. The highest BCUT2D eigenvalue weighted by Gasteiger charge is 2.12. The summed E-state index contributed by atoms with van der Waals surface area (Å²) in [5, 5.41) is 3.11. The van der Waals surface area contributed by atoms with Gasteiger partial charge in [-0.15, -0.1) is 11.8 Å². The van der Waals surface area contributed by atoms with E-state index in [1.54, 1.807) is 11.8 Å². The van der Waals surface area contributed by atoms with E-state index in [4.69, 9.17) is 0 Å². The van der Waals surface area contributed by atoms with E-state index in [-0.39, 0.29) is 5.91 Å². The van der Waals surface area contributed by atoms with Gasteiger partial charge in [-0.2, -0.15) is 0 Å². The molecule has 1 aliphatic heterocycles. The maximum Gasteiger partial charge on any atom is 0.252 e. The number of nitrogens with zero attached hydrogens (tertiary/aromatic N) is 1. The average Bonchev–Trinajstić information content (AvgIpc) is 2.99. The fourth-order valence-electron chi connectivity index (χ4n) is 3.48. The van der Waals surface area contributed by atoms with Gasteiger partial charge >= 0.3 is 0 Å². The van der Waals surface area contributed by atoms with Gasteiger partial charge in [0.25, 0.3) is 5.91 Å². The van der Waals surface area contributed by atoms with Gasteiger partial charge in [-0.1, -0.05) is 55.3 Å². The van der Waals surface area contributed by atoms with Crippen LogP contribution in [0.5, 0.6) is 0 Å². The highest BCUT2D eigenvalue weighted by Crippen LogP contribution is 2.26. The Morgan fingerprint density at radius 3 is 2.41 bits per heavy atom. The molecule has 1 amide bonds. The third-order valence-electron chi connectivity index (χ3n) is 5.00. The van der Waals surface area contributed by atoms with Gasteiger partial charge in [0.1, 0.15) is 0 Å². The molecule has 144 valence electrons. The van der Waals surface area contributed by atoms with Crippen LogP contribution in [0.3, 0.4) is 0 Å². The maximum atomic E-state index is 12.6. The zero-order valence-electron chi connectivity index (χ0n) is 16.0. The van der Waals surface area contributed by atoms with Crippen molar-refractivity contribution in [1.29, 1.82) is 0 Å². The molecule has 0 spiro atoms. The largest absolute Gasteiger partial charge is 0.352 e. The second-order valence-corrected chi connectivity index (χ2v) is 8.15. The van der Waals surface area contributed by atoms with E-state index in [1.165, 1.54) is 44.3 Å². The third-order valence-corrected chi connectivity index (χ3v) is 6.15. The van der Waals surface area contributed by atoms with Crippen LogP contribution in [0.1, 0.15) is 48.0 Å². The van der Waals surface area contributed by atoms with E-state index in [2.05, 4.69) is 34.5 Å². The normalized spacial score (nSPS) is 15.3. The lowest BCUT2D eigenvalue weighted by Gasteiger charge is -2.19. The smallest absolute Gasteiger partial charge is 0.252 e. The van der Waals surface area contributed by atoms with Gasteiger partial charge in [0, 0.05) is 17.2 Å². The predicted molar refractivity (Wildman–Crippen MR) is 114 cm³/mol. The molecule has 2 aromatic carbocycles. The molecule has 0 bridgehead atoms. The number of rotatable bonds is 8. The summed E-state index contributed by atoms with van der Waals surface area (Å²) in [7, 11) is 0. The lowest BCUT2D eigenvalue weighted by atomic mass is 10.2. The lowest BCUT2D eigenvalue weighted by Crippen LogP contribution is -2.30. The quantitative estimate of drug-likeness (QED) is 0.516. The molecule has 0 unspecified atom stereocenters. The molecule has 2 aromatic rings. The molecule has 3 nitrogen and oxygen atoms in total. The van der Waals surface area contributed by atoms with Crippen LogP contribution in [-0.4, -0.2) is 37.0 Å². The van der Waals surface area contributed by atoms with Crippen LogP contribution in [0.2, 0.25) is 0 Å². The summed E-state index contributed by atoms with van der Waals surface area (Å²) in [6.07, 6.45) is 6.39. The molecule has 1 fully saturated rings. The van der Waals surface area contributed by atoms with Crippen molar-refractivity contribution in [3.63, 3.8) is 0 Å². The fraction of sp³-hybridized carbons (Fsp3) is 0.435. The Labute approximate surface area is 167 Å². The van der Waals surface area contributed by atoms with Crippen LogP contribution >= 0.6 is 11.8 Å². The second kappa shape index (κ2) is 11.2. The van der Waals surface area contributed by atoms with E-state index >= 15 is 0 Å². The van der Waals surface area contributed by atoms with Crippen molar-refractivity contribution in [3.05, 3.63) is 65.7 Å². The van der Waals surface area contributed by atoms with Crippen molar-refractivity contribution in [2.24, 2.45) is 0 Å². The number of amides is 1. The van der Waals surface area contributed by atoms with Crippen LogP contribution in [0.25, 0.3) is 0 Å². The Morgan fingerprint density at radius 1 is 0.926 bits per heavy atom. The number of benzene rings is 2. The maximum absolute atomic E-state index is 12.6. The van der Waals surface area contributed by atoms with E-state index in [9.17, 15) is 4.79 Å². The minimum Gasteiger partial charge on any atom is -0.352 e. The van der Waals surface area contributed by atoms with Crippen LogP contribution < -0.4 is 5.32 Å². The molecule has 27 heavy (non-hydrogen) atoms. The summed E-state index contributed by atoms with van der Waals surface area (Å²) in [6.45, 7) is 4.26. The molecule has 1 aliphatic rings. The minimum atomic E-state index is 0.0435. The van der Waals surface area contributed by atoms with Gasteiger partial charge in [-0.3, -0.25) is 4.79 Å². The Morgan fingerprint density at radius 2 is 1.63 bits per heavy atom.